The van der Waals surface area contributed by atoms with Gasteiger partial charge in [-0.2, -0.15) is 0 Å². The van der Waals surface area contributed by atoms with Crippen LogP contribution in [0.25, 0.3) is 0 Å². The molecule has 1 fully saturated rings. The highest BCUT2D eigenvalue weighted by molar-refractivity contribution is 5.41. The molecule has 1 aliphatic heterocycles. The molecule has 0 aliphatic carbocycles. The lowest BCUT2D eigenvalue weighted by Gasteiger charge is -2.20. The molecule has 1 aliphatic rings. The maximum atomic E-state index is 9.92. The SMILES string of the molecule is CC(C)c1cc(N2CCC(C)(O)C2)ncn1. The molecular formula is C12H19N3O. The molecule has 16 heavy (non-hydrogen) atoms. The minimum atomic E-state index is -0.580. The largest absolute Gasteiger partial charge is 0.388 e. The van der Waals surface area contributed by atoms with Crippen molar-refractivity contribution in [3.63, 3.8) is 0 Å². The van der Waals surface area contributed by atoms with Gasteiger partial charge in [0.15, 0.2) is 0 Å². The van der Waals surface area contributed by atoms with Gasteiger partial charge in [-0.15, -0.1) is 0 Å². The second kappa shape index (κ2) is 4.01. The van der Waals surface area contributed by atoms with Gasteiger partial charge >= 0.3 is 0 Å². The lowest BCUT2D eigenvalue weighted by molar-refractivity contribution is 0.0839. The summed E-state index contributed by atoms with van der Waals surface area (Å²) >= 11 is 0. The van der Waals surface area contributed by atoms with Crippen LogP contribution in [0.2, 0.25) is 0 Å². The maximum Gasteiger partial charge on any atom is 0.132 e. The number of anilines is 1. The first-order valence-electron chi connectivity index (χ1n) is 5.77. The summed E-state index contributed by atoms with van der Waals surface area (Å²) in [5, 5.41) is 9.92. The molecule has 88 valence electrons. The molecule has 1 aromatic rings. The average molecular weight is 221 g/mol. The van der Waals surface area contributed by atoms with Crippen LogP contribution in [-0.4, -0.2) is 33.8 Å². The first kappa shape index (κ1) is 11.3. The summed E-state index contributed by atoms with van der Waals surface area (Å²) in [7, 11) is 0. The molecule has 0 saturated carbocycles. The van der Waals surface area contributed by atoms with E-state index in [0.717, 1.165) is 24.5 Å². The van der Waals surface area contributed by atoms with Gasteiger partial charge in [0, 0.05) is 24.8 Å². The summed E-state index contributed by atoms with van der Waals surface area (Å²) in [4.78, 5) is 10.6. The Bertz CT molecular complexity index is 376. The molecule has 0 radical (unpaired) electrons. The van der Waals surface area contributed by atoms with Gasteiger partial charge in [-0.3, -0.25) is 0 Å². The highest BCUT2D eigenvalue weighted by atomic mass is 16.3. The fourth-order valence-electron chi connectivity index (χ4n) is 1.99. The lowest BCUT2D eigenvalue weighted by atomic mass is 10.1. The Labute approximate surface area is 96.3 Å². The monoisotopic (exact) mass is 221 g/mol. The van der Waals surface area contributed by atoms with E-state index in [4.69, 9.17) is 0 Å². The van der Waals surface area contributed by atoms with Gasteiger partial charge < -0.3 is 10.0 Å². The molecular weight excluding hydrogens is 202 g/mol. The summed E-state index contributed by atoms with van der Waals surface area (Å²) in [6.45, 7) is 7.62. The molecule has 1 aromatic heterocycles. The molecule has 4 heteroatoms. The lowest BCUT2D eigenvalue weighted by Crippen LogP contribution is -2.30. The molecule has 0 amide bonds. The molecule has 1 saturated heterocycles. The van der Waals surface area contributed by atoms with Crippen molar-refractivity contribution in [1.29, 1.82) is 0 Å². The van der Waals surface area contributed by atoms with Gasteiger partial charge in [-0.1, -0.05) is 13.8 Å². The first-order chi connectivity index (χ1) is 7.48. The Morgan fingerprint density at radius 3 is 2.75 bits per heavy atom. The molecule has 1 N–H and O–H groups in total. The Hall–Kier alpha value is -1.16. The highest BCUT2D eigenvalue weighted by Gasteiger charge is 2.32. The standard InChI is InChI=1S/C12H19N3O/c1-9(2)10-6-11(14-8-13-10)15-5-4-12(3,16)7-15/h6,8-9,16H,4-5,7H2,1-3H3. The maximum absolute atomic E-state index is 9.92. The minimum Gasteiger partial charge on any atom is -0.388 e. The molecule has 0 spiro atoms. The van der Waals surface area contributed by atoms with Crippen molar-refractivity contribution in [2.45, 2.75) is 38.7 Å². The van der Waals surface area contributed by atoms with Crippen molar-refractivity contribution in [2.24, 2.45) is 0 Å². The summed E-state index contributed by atoms with van der Waals surface area (Å²) in [6, 6.07) is 2.02. The topological polar surface area (TPSA) is 49.2 Å². The Kier molecular flexibility index (Phi) is 2.84. The second-order valence-corrected chi connectivity index (χ2v) is 5.12. The van der Waals surface area contributed by atoms with E-state index in [1.807, 2.05) is 13.0 Å². The highest BCUT2D eigenvalue weighted by Crippen LogP contribution is 2.25. The van der Waals surface area contributed by atoms with Gasteiger partial charge in [0.25, 0.3) is 0 Å². The van der Waals surface area contributed by atoms with E-state index in [1.165, 1.54) is 0 Å². The number of rotatable bonds is 2. The number of β-amino-alcohol motifs (C(OH)–C–C–N with tert-alkyl or cyclic N) is 1. The predicted octanol–water partition coefficient (Wildman–Crippen LogP) is 1.56. The van der Waals surface area contributed by atoms with Crippen molar-refractivity contribution in [3.8, 4) is 0 Å². The predicted molar refractivity (Wildman–Crippen MR) is 63.6 cm³/mol. The van der Waals surface area contributed by atoms with Crippen LogP contribution in [0.1, 0.15) is 38.8 Å². The van der Waals surface area contributed by atoms with Crippen LogP contribution in [0.3, 0.4) is 0 Å². The van der Waals surface area contributed by atoms with E-state index < -0.39 is 5.60 Å². The Balaban J connectivity index is 2.19. The minimum absolute atomic E-state index is 0.407. The molecule has 1 atom stereocenters. The zero-order valence-electron chi connectivity index (χ0n) is 10.1. The third-order valence-electron chi connectivity index (χ3n) is 3.04. The zero-order valence-corrected chi connectivity index (χ0v) is 10.1. The van der Waals surface area contributed by atoms with Crippen molar-refractivity contribution < 1.29 is 5.11 Å². The smallest absolute Gasteiger partial charge is 0.132 e. The van der Waals surface area contributed by atoms with E-state index in [2.05, 4.69) is 28.7 Å². The summed E-state index contributed by atoms with van der Waals surface area (Å²) < 4.78 is 0. The van der Waals surface area contributed by atoms with Gasteiger partial charge in [0.05, 0.1) is 5.60 Å². The third-order valence-corrected chi connectivity index (χ3v) is 3.04. The Morgan fingerprint density at radius 2 is 2.19 bits per heavy atom. The van der Waals surface area contributed by atoms with E-state index in [0.29, 0.717) is 12.5 Å². The van der Waals surface area contributed by atoms with Crippen LogP contribution < -0.4 is 4.90 Å². The van der Waals surface area contributed by atoms with Crippen molar-refractivity contribution in [3.05, 3.63) is 18.1 Å². The number of aromatic nitrogens is 2. The van der Waals surface area contributed by atoms with E-state index >= 15 is 0 Å². The van der Waals surface area contributed by atoms with Gasteiger partial charge in [0.2, 0.25) is 0 Å². The van der Waals surface area contributed by atoms with Crippen LogP contribution in [-0.2, 0) is 0 Å². The Morgan fingerprint density at radius 1 is 1.44 bits per heavy atom. The van der Waals surface area contributed by atoms with E-state index in [9.17, 15) is 5.11 Å². The summed E-state index contributed by atoms with van der Waals surface area (Å²) in [6.07, 6.45) is 2.41. The van der Waals surface area contributed by atoms with Crippen LogP contribution >= 0.6 is 0 Å². The molecule has 1 unspecified atom stereocenters. The third kappa shape index (κ3) is 2.32. The van der Waals surface area contributed by atoms with Crippen molar-refractivity contribution >= 4 is 5.82 Å². The second-order valence-electron chi connectivity index (χ2n) is 5.12. The van der Waals surface area contributed by atoms with Gasteiger partial charge in [0.1, 0.15) is 12.1 Å². The number of aliphatic hydroxyl groups is 1. The zero-order chi connectivity index (χ0) is 11.8. The quantitative estimate of drug-likeness (QED) is 0.823. The molecule has 2 rings (SSSR count). The van der Waals surface area contributed by atoms with Crippen molar-refractivity contribution in [1.82, 2.24) is 9.97 Å². The average Bonchev–Trinajstić information content (AvgIpc) is 2.59. The number of hydrogen-bond acceptors (Lipinski definition) is 4. The van der Waals surface area contributed by atoms with E-state index in [1.54, 1.807) is 6.33 Å². The molecule has 2 heterocycles. The van der Waals surface area contributed by atoms with Crippen LogP contribution in [0, 0.1) is 0 Å². The van der Waals surface area contributed by atoms with Gasteiger partial charge in [-0.25, -0.2) is 9.97 Å². The molecule has 0 aromatic carbocycles. The van der Waals surface area contributed by atoms with E-state index in [-0.39, 0.29) is 0 Å². The summed E-state index contributed by atoms with van der Waals surface area (Å²) in [5.41, 5.74) is 0.472. The summed E-state index contributed by atoms with van der Waals surface area (Å²) in [5.74, 6) is 1.33. The molecule has 0 bridgehead atoms. The number of nitrogens with zero attached hydrogens (tertiary/aromatic N) is 3. The molecule has 4 nitrogen and oxygen atoms in total. The van der Waals surface area contributed by atoms with Crippen LogP contribution in [0.4, 0.5) is 5.82 Å². The van der Waals surface area contributed by atoms with Crippen LogP contribution in [0.5, 0.6) is 0 Å². The fourth-order valence-corrected chi connectivity index (χ4v) is 1.99. The first-order valence-corrected chi connectivity index (χ1v) is 5.77. The van der Waals surface area contributed by atoms with Crippen molar-refractivity contribution in [2.75, 3.05) is 18.0 Å². The number of hydrogen-bond donors (Lipinski definition) is 1. The normalized spacial score (nSPS) is 25.4. The van der Waals surface area contributed by atoms with Crippen LogP contribution in [0.15, 0.2) is 12.4 Å². The van der Waals surface area contributed by atoms with Gasteiger partial charge in [-0.05, 0) is 19.3 Å². The fraction of sp³-hybridized carbons (Fsp3) is 0.667.